The number of nitrogens with zero attached hydrogens (tertiary/aromatic N) is 1. The number of rotatable bonds is 7. The van der Waals surface area contributed by atoms with Crippen LogP contribution in [-0.4, -0.2) is 41.9 Å². The van der Waals surface area contributed by atoms with E-state index in [-0.39, 0.29) is 30.3 Å². The summed E-state index contributed by atoms with van der Waals surface area (Å²) in [6, 6.07) is 7.47. The lowest BCUT2D eigenvalue weighted by Crippen LogP contribution is -2.47. The van der Waals surface area contributed by atoms with Crippen LogP contribution in [0.4, 0.5) is 0 Å². The Morgan fingerprint density at radius 3 is 2.22 bits per heavy atom. The molecule has 1 aromatic rings. The van der Waals surface area contributed by atoms with Gasteiger partial charge in [-0.15, -0.1) is 0 Å². The third-order valence-electron chi connectivity index (χ3n) is 3.17. The normalized spacial score (nSPS) is 11.0. The van der Waals surface area contributed by atoms with Gasteiger partial charge in [-0.3, -0.25) is 9.59 Å². The van der Waals surface area contributed by atoms with E-state index in [2.05, 4.69) is 5.32 Å². The Balaban J connectivity index is 2.61. The monoisotopic (exact) mass is 320 g/mol. The molecule has 0 heterocycles. The molecule has 0 aliphatic heterocycles. The Morgan fingerprint density at radius 1 is 1.13 bits per heavy atom. The van der Waals surface area contributed by atoms with Gasteiger partial charge in [0.1, 0.15) is 5.75 Å². The van der Waals surface area contributed by atoms with E-state index in [0.29, 0.717) is 13.2 Å². The van der Waals surface area contributed by atoms with Gasteiger partial charge in [0.05, 0.1) is 19.6 Å². The topological polar surface area (TPSA) is 58.6 Å². The lowest BCUT2D eigenvalue weighted by Gasteiger charge is -2.25. The van der Waals surface area contributed by atoms with E-state index in [4.69, 9.17) is 4.74 Å². The number of carbonyl (C=O) groups is 2. The summed E-state index contributed by atoms with van der Waals surface area (Å²) in [4.78, 5) is 25.9. The van der Waals surface area contributed by atoms with E-state index in [1.807, 2.05) is 58.9 Å². The first-order valence-electron chi connectivity index (χ1n) is 8.05. The van der Waals surface area contributed by atoms with Crippen LogP contribution in [0.15, 0.2) is 24.3 Å². The lowest BCUT2D eigenvalue weighted by atomic mass is 10.1. The Morgan fingerprint density at radius 2 is 1.74 bits per heavy atom. The van der Waals surface area contributed by atoms with Crippen molar-refractivity contribution in [3.05, 3.63) is 29.8 Å². The van der Waals surface area contributed by atoms with E-state index in [9.17, 15) is 9.59 Å². The van der Waals surface area contributed by atoms with Gasteiger partial charge in [-0.2, -0.15) is 0 Å². The number of carbonyl (C=O) groups excluding carboxylic acids is 2. The minimum Gasteiger partial charge on any atom is -0.494 e. The molecule has 1 N–H and O–H groups in total. The fraction of sp³-hybridized carbons (Fsp3) is 0.556. The summed E-state index contributed by atoms with van der Waals surface area (Å²) in [6.45, 7) is 10.8. The number of amides is 2. The number of ether oxygens (including phenoxy) is 1. The highest BCUT2D eigenvalue weighted by Gasteiger charge is 2.19. The molecule has 0 fully saturated rings. The van der Waals surface area contributed by atoms with Crippen molar-refractivity contribution in [2.24, 2.45) is 0 Å². The Labute approximate surface area is 139 Å². The Hall–Kier alpha value is -2.04. The summed E-state index contributed by atoms with van der Waals surface area (Å²) >= 11 is 0. The number of hydrogen-bond acceptors (Lipinski definition) is 3. The molecule has 0 aliphatic carbocycles. The smallest absolute Gasteiger partial charge is 0.240 e. The number of benzene rings is 1. The zero-order valence-corrected chi connectivity index (χ0v) is 14.8. The van der Waals surface area contributed by atoms with Gasteiger partial charge >= 0.3 is 0 Å². The average molecular weight is 320 g/mol. The molecule has 0 saturated carbocycles. The van der Waals surface area contributed by atoms with Crippen molar-refractivity contribution in [2.45, 2.75) is 46.6 Å². The standard InChI is InChI=1S/C18H28N2O3/c1-6-20(13-16(21)19-18(3,4)5)17(22)12-14-8-10-15(11-9-14)23-7-2/h8-11H,6-7,12-13H2,1-5H3,(H,19,21). The maximum Gasteiger partial charge on any atom is 0.240 e. The molecular formula is C18H28N2O3. The van der Waals surface area contributed by atoms with Gasteiger partial charge in [0.25, 0.3) is 0 Å². The van der Waals surface area contributed by atoms with Crippen molar-refractivity contribution in [3.63, 3.8) is 0 Å². The van der Waals surface area contributed by atoms with E-state index < -0.39 is 0 Å². The molecule has 2 amide bonds. The molecule has 0 radical (unpaired) electrons. The summed E-state index contributed by atoms with van der Waals surface area (Å²) in [5.74, 6) is 0.598. The molecule has 0 spiro atoms. The maximum atomic E-state index is 12.4. The first-order chi connectivity index (χ1) is 10.7. The fourth-order valence-corrected chi connectivity index (χ4v) is 2.16. The molecule has 0 aromatic heterocycles. The summed E-state index contributed by atoms with van der Waals surface area (Å²) in [6.07, 6.45) is 0.281. The largest absolute Gasteiger partial charge is 0.494 e. The Bertz CT molecular complexity index is 518. The first kappa shape index (κ1) is 19.0. The summed E-state index contributed by atoms with van der Waals surface area (Å²) in [7, 11) is 0. The van der Waals surface area contributed by atoms with Gasteiger partial charge < -0.3 is 15.0 Å². The minimum absolute atomic E-state index is 0.0549. The van der Waals surface area contributed by atoms with Gasteiger partial charge in [0.15, 0.2) is 0 Å². The van der Waals surface area contributed by atoms with E-state index in [0.717, 1.165) is 11.3 Å². The molecule has 1 aromatic carbocycles. The van der Waals surface area contributed by atoms with Gasteiger partial charge in [0.2, 0.25) is 11.8 Å². The molecule has 5 heteroatoms. The van der Waals surface area contributed by atoms with Crippen molar-refractivity contribution in [3.8, 4) is 5.75 Å². The average Bonchev–Trinajstić information content (AvgIpc) is 2.45. The Kier molecular flexibility index (Phi) is 7.07. The predicted molar refractivity (Wildman–Crippen MR) is 91.5 cm³/mol. The van der Waals surface area contributed by atoms with Crippen molar-refractivity contribution in [1.82, 2.24) is 10.2 Å². The molecule has 0 unspecified atom stereocenters. The van der Waals surface area contributed by atoms with E-state index >= 15 is 0 Å². The summed E-state index contributed by atoms with van der Waals surface area (Å²) in [5.41, 5.74) is 0.613. The van der Waals surface area contributed by atoms with E-state index in [1.54, 1.807) is 4.90 Å². The van der Waals surface area contributed by atoms with Crippen LogP contribution in [0, 0.1) is 0 Å². The molecule has 23 heavy (non-hydrogen) atoms. The zero-order chi connectivity index (χ0) is 17.5. The number of hydrogen-bond donors (Lipinski definition) is 1. The highest BCUT2D eigenvalue weighted by molar-refractivity contribution is 5.86. The van der Waals surface area contributed by atoms with Crippen LogP contribution in [-0.2, 0) is 16.0 Å². The maximum absolute atomic E-state index is 12.4. The highest BCUT2D eigenvalue weighted by Crippen LogP contribution is 2.13. The highest BCUT2D eigenvalue weighted by atomic mass is 16.5. The molecular weight excluding hydrogens is 292 g/mol. The number of likely N-dealkylation sites (N-methyl/N-ethyl adjacent to an activating group) is 1. The van der Waals surface area contributed by atoms with Crippen LogP contribution in [0.1, 0.15) is 40.2 Å². The van der Waals surface area contributed by atoms with Crippen molar-refractivity contribution >= 4 is 11.8 Å². The molecule has 0 atom stereocenters. The van der Waals surface area contributed by atoms with Crippen LogP contribution >= 0.6 is 0 Å². The van der Waals surface area contributed by atoms with Crippen molar-refractivity contribution in [2.75, 3.05) is 19.7 Å². The van der Waals surface area contributed by atoms with Crippen LogP contribution in [0.25, 0.3) is 0 Å². The second kappa shape index (κ2) is 8.56. The molecule has 1 rings (SSSR count). The number of nitrogens with one attached hydrogen (secondary N) is 1. The van der Waals surface area contributed by atoms with Crippen LogP contribution in [0.2, 0.25) is 0 Å². The van der Waals surface area contributed by atoms with Crippen molar-refractivity contribution in [1.29, 1.82) is 0 Å². The molecule has 5 nitrogen and oxygen atoms in total. The fourth-order valence-electron chi connectivity index (χ4n) is 2.16. The quantitative estimate of drug-likeness (QED) is 0.839. The van der Waals surface area contributed by atoms with Crippen molar-refractivity contribution < 1.29 is 14.3 Å². The SMILES string of the molecule is CCOc1ccc(CC(=O)N(CC)CC(=O)NC(C)(C)C)cc1. The van der Waals surface area contributed by atoms with E-state index in [1.165, 1.54) is 0 Å². The predicted octanol–water partition coefficient (Wildman–Crippen LogP) is 2.39. The van der Waals surface area contributed by atoms with Gasteiger partial charge in [-0.1, -0.05) is 12.1 Å². The van der Waals surface area contributed by atoms with Gasteiger partial charge in [-0.25, -0.2) is 0 Å². The third-order valence-corrected chi connectivity index (χ3v) is 3.17. The summed E-state index contributed by atoms with van der Waals surface area (Å²) in [5, 5.41) is 2.87. The molecule has 0 aliphatic rings. The van der Waals surface area contributed by atoms with Gasteiger partial charge in [0, 0.05) is 12.1 Å². The molecule has 0 bridgehead atoms. The van der Waals surface area contributed by atoms with Gasteiger partial charge in [-0.05, 0) is 52.3 Å². The zero-order valence-electron chi connectivity index (χ0n) is 14.8. The van der Waals surface area contributed by atoms with Crippen LogP contribution in [0.5, 0.6) is 5.75 Å². The molecule has 0 saturated heterocycles. The minimum atomic E-state index is -0.297. The van der Waals surface area contributed by atoms with Crippen LogP contribution < -0.4 is 10.1 Å². The van der Waals surface area contributed by atoms with Crippen LogP contribution in [0.3, 0.4) is 0 Å². The third kappa shape index (κ3) is 7.17. The first-order valence-corrected chi connectivity index (χ1v) is 8.05. The second-order valence-corrected chi connectivity index (χ2v) is 6.46. The summed E-state index contributed by atoms with van der Waals surface area (Å²) < 4.78 is 5.39. The lowest BCUT2D eigenvalue weighted by molar-refractivity contribution is -0.135. The second-order valence-electron chi connectivity index (χ2n) is 6.46. The molecule has 128 valence electrons.